The molecule has 0 radical (unpaired) electrons. The van der Waals surface area contributed by atoms with Gasteiger partial charge in [0.1, 0.15) is 6.54 Å². The van der Waals surface area contributed by atoms with E-state index in [4.69, 9.17) is 0 Å². The normalized spacial score (nSPS) is 15.0. The highest BCUT2D eigenvalue weighted by Gasteiger charge is 2.16. The number of guanidine groups is 1. The van der Waals surface area contributed by atoms with Crippen molar-refractivity contribution in [2.45, 2.75) is 13.3 Å². The van der Waals surface area contributed by atoms with Gasteiger partial charge in [-0.25, -0.2) is 4.99 Å². The molecule has 2 N–H and O–H groups in total. The predicted octanol–water partition coefficient (Wildman–Crippen LogP) is 1.46. The second-order valence-electron chi connectivity index (χ2n) is 6.93. The van der Waals surface area contributed by atoms with Gasteiger partial charge in [0.15, 0.2) is 5.96 Å². The van der Waals surface area contributed by atoms with Crippen molar-refractivity contribution in [1.82, 2.24) is 20.4 Å². The van der Waals surface area contributed by atoms with E-state index in [9.17, 15) is 4.79 Å². The van der Waals surface area contributed by atoms with Crippen LogP contribution in [0.1, 0.15) is 13.3 Å². The number of piperazine rings is 1. The largest absolute Gasteiger partial charge is 0.369 e. The molecule has 1 aliphatic rings. The lowest BCUT2D eigenvalue weighted by molar-refractivity contribution is -0.127. The van der Waals surface area contributed by atoms with Crippen LogP contribution in [0.5, 0.6) is 0 Å². The van der Waals surface area contributed by atoms with Crippen molar-refractivity contribution >= 4 is 41.5 Å². The van der Waals surface area contributed by atoms with Crippen molar-refractivity contribution in [3.8, 4) is 0 Å². The van der Waals surface area contributed by atoms with E-state index in [1.807, 2.05) is 6.92 Å². The zero-order valence-corrected chi connectivity index (χ0v) is 19.7. The van der Waals surface area contributed by atoms with Crippen LogP contribution in [0.3, 0.4) is 0 Å². The van der Waals surface area contributed by atoms with E-state index >= 15 is 0 Å². The number of nitrogens with zero attached hydrogens (tertiary/aromatic N) is 4. The van der Waals surface area contributed by atoms with Crippen LogP contribution in [0.15, 0.2) is 35.3 Å². The Bertz CT molecular complexity index is 588. The molecule has 1 amide bonds. The quantitative estimate of drug-likeness (QED) is 0.244. The van der Waals surface area contributed by atoms with Crippen molar-refractivity contribution in [3.63, 3.8) is 0 Å². The Hall–Kier alpha value is -1.55. The molecule has 2 rings (SSSR count). The third-order valence-electron chi connectivity index (χ3n) is 4.65. The van der Waals surface area contributed by atoms with Crippen LogP contribution >= 0.6 is 24.0 Å². The topological polar surface area (TPSA) is 63.2 Å². The van der Waals surface area contributed by atoms with Crippen LogP contribution in [-0.4, -0.2) is 88.1 Å². The number of carbonyl (C=O) groups is 1. The van der Waals surface area contributed by atoms with E-state index < -0.39 is 0 Å². The van der Waals surface area contributed by atoms with E-state index in [1.165, 1.54) is 5.69 Å². The first-order valence-corrected chi connectivity index (χ1v) is 9.85. The van der Waals surface area contributed by atoms with Gasteiger partial charge in [-0.2, -0.15) is 0 Å². The Balaban J connectivity index is 0.00000392. The summed E-state index contributed by atoms with van der Waals surface area (Å²) in [5, 5.41) is 6.51. The predicted molar refractivity (Wildman–Crippen MR) is 128 cm³/mol. The minimum absolute atomic E-state index is 0. The van der Waals surface area contributed by atoms with E-state index in [1.54, 1.807) is 19.0 Å². The van der Waals surface area contributed by atoms with Gasteiger partial charge in [0.2, 0.25) is 5.91 Å². The van der Waals surface area contributed by atoms with Gasteiger partial charge in [-0.05, 0) is 32.0 Å². The Morgan fingerprint density at radius 2 is 1.79 bits per heavy atom. The summed E-state index contributed by atoms with van der Waals surface area (Å²) in [5.41, 5.74) is 1.32. The number of aliphatic imine (C=N–C) groups is 1. The number of likely N-dealkylation sites (N-methyl/N-ethyl adjacent to an activating group) is 1. The molecule has 1 aromatic carbocycles. The highest BCUT2D eigenvalue weighted by atomic mass is 127. The molecule has 0 bridgehead atoms. The number of amides is 1. The monoisotopic (exact) mass is 502 g/mol. The summed E-state index contributed by atoms with van der Waals surface area (Å²) >= 11 is 0. The summed E-state index contributed by atoms with van der Waals surface area (Å²) in [4.78, 5) is 22.5. The van der Waals surface area contributed by atoms with Crippen LogP contribution in [0.25, 0.3) is 0 Å². The molecule has 1 aromatic rings. The Morgan fingerprint density at radius 1 is 1.11 bits per heavy atom. The molecule has 0 unspecified atom stereocenters. The van der Waals surface area contributed by atoms with Gasteiger partial charge >= 0.3 is 0 Å². The fourth-order valence-electron chi connectivity index (χ4n) is 3.01. The first-order valence-electron chi connectivity index (χ1n) is 9.85. The summed E-state index contributed by atoms with van der Waals surface area (Å²) < 4.78 is 0. The van der Waals surface area contributed by atoms with Crippen LogP contribution in [0, 0.1) is 0 Å². The first kappa shape index (κ1) is 24.5. The van der Waals surface area contributed by atoms with Crippen LogP contribution in [0.4, 0.5) is 5.69 Å². The van der Waals surface area contributed by atoms with E-state index in [0.717, 1.165) is 52.2 Å². The number of hydrogen-bond acceptors (Lipinski definition) is 4. The SMILES string of the molecule is CCNC(=NCC(=O)N(C)C)NCCCN1CCN(c2ccccc2)CC1.I. The molecule has 0 spiro atoms. The lowest BCUT2D eigenvalue weighted by Gasteiger charge is -2.36. The molecule has 0 saturated carbocycles. The standard InChI is InChI=1S/C20H34N6O.HI/c1-4-21-20(23-17-19(27)24(2)3)22-11-8-12-25-13-15-26(16-14-25)18-9-6-5-7-10-18;/h5-7,9-10H,4,8,11-17H2,1-3H3,(H2,21,22,23);1H. The smallest absolute Gasteiger partial charge is 0.243 e. The summed E-state index contributed by atoms with van der Waals surface area (Å²) in [6.07, 6.45) is 1.05. The molecule has 1 heterocycles. The highest BCUT2D eigenvalue weighted by Crippen LogP contribution is 2.15. The van der Waals surface area contributed by atoms with E-state index in [0.29, 0.717) is 5.96 Å². The maximum atomic E-state index is 11.7. The highest BCUT2D eigenvalue weighted by molar-refractivity contribution is 14.0. The number of halogens is 1. The minimum Gasteiger partial charge on any atom is -0.369 e. The van der Waals surface area contributed by atoms with Crippen molar-refractivity contribution in [2.24, 2.45) is 4.99 Å². The Kier molecular flexibility index (Phi) is 11.9. The average molecular weight is 502 g/mol. The number of hydrogen-bond donors (Lipinski definition) is 2. The van der Waals surface area contributed by atoms with Crippen molar-refractivity contribution < 1.29 is 4.79 Å². The van der Waals surface area contributed by atoms with Gasteiger partial charge in [-0.15, -0.1) is 24.0 Å². The zero-order valence-electron chi connectivity index (χ0n) is 17.4. The molecule has 1 fully saturated rings. The van der Waals surface area contributed by atoms with Gasteiger partial charge in [-0.1, -0.05) is 18.2 Å². The molecular formula is C20H35IN6O. The number of rotatable bonds is 8. The molecular weight excluding hydrogens is 467 g/mol. The lowest BCUT2D eigenvalue weighted by atomic mass is 10.2. The minimum atomic E-state index is 0. The van der Waals surface area contributed by atoms with Crippen molar-refractivity contribution in [3.05, 3.63) is 30.3 Å². The van der Waals surface area contributed by atoms with Gasteiger partial charge in [0.25, 0.3) is 0 Å². The second-order valence-corrected chi connectivity index (χ2v) is 6.93. The Morgan fingerprint density at radius 3 is 2.39 bits per heavy atom. The van der Waals surface area contributed by atoms with E-state index in [-0.39, 0.29) is 36.4 Å². The third-order valence-corrected chi connectivity index (χ3v) is 4.65. The molecule has 1 saturated heterocycles. The fraction of sp³-hybridized carbons (Fsp3) is 0.600. The molecule has 0 aliphatic carbocycles. The summed E-state index contributed by atoms with van der Waals surface area (Å²) in [7, 11) is 3.49. The summed E-state index contributed by atoms with van der Waals surface area (Å²) in [6.45, 7) is 9.25. The van der Waals surface area contributed by atoms with Crippen LogP contribution in [0.2, 0.25) is 0 Å². The average Bonchev–Trinajstić information content (AvgIpc) is 2.70. The van der Waals surface area contributed by atoms with Gasteiger partial charge in [0.05, 0.1) is 0 Å². The number of benzene rings is 1. The fourth-order valence-corrected chi connectivity index (χ4v) is 3.01. The van der Waals surface area contributed by atoms with Crippen molar-refractivity contribution in [1.29, 1.82) is 0 Å². The third kappa shape index (κ3) is 8.64. The molecule has 158 valence electrons. The first-order chi connectivity index (χ1) is 13.1. The summed E-state index contributed by atoms with van der Waals surface area (Å²) in [6, 6.07) is 10.6. The molecule has 0 atom stereocenters. The molecule has 1 aliphatic heterocycles. The van der Waals surface area contributed by atoms with Gasteiger partial charge in [-0.3, -0.25) is 9.69 Å². The van der Waals surface area contributed by atoms with Gasteiger partial charge < -0.3 is 20.4 Å². The molecule has 28 heavy (non-hydrogen) atoms. The number of para-hydroxylation sites is 1. The zero-order chi connectivity index (χ0) is 19.5. The lowest BCUT2D eigenvalue weighted by Crippen LogP contribution is -2.47. The van der Waals surface area contributed by atoms with E-state index in [2.05, 4.69) is 55.8 Å². The number of nitrogens with one attached hydrogen (secondary N) is 2. The summed E-state index contributed by atoms with van der Waals surface area (Å²) in [5.74, 6) is 0.713. The maximum Gasteiger partial charge on any atom is 0.243 e. The Labute approximate surface area is 186 Å². The number of anilines is 1. The van der Waals surface area contributed by atoms with Crippen LogP contribution in [-0.2, 0) is 4.79 Å². The van der Waals surface area contributed by atoms with Crippen molar-refractivity contribution in [2.75, 3.05) is 71.4 Å². The molecule has 7 nitrogen and oxygen atoms in total. The van der Waals surface area contributed by atoms with Gasteiger partial charge in [0, 0.05) is 59.1 Å². The second kappa shape index (κ2) is 13.6. The maximum absolute atomic E-state index is 11.7. The van der Waals surface area contributed by atoms with Crippen LogP contribution < -0.4 is 15.5 Å². The number of carbonyl (C=O) groups excluding carboxylic acids is 1. The molecule has 0 aromatic heterocycles. The molecule has 8 heteroatoms.